The minimum absolute atomic E-state index is 0.0671. The molecular weight excluding hydrogens is 130 g/mol. The van der Waals surface area contributed by atoms with Crippen LogP contribution >= 0.6 is 0 Å². The van der Waals surface area contributed by atoms with Crippen LogP contribution < -0.4 is 5.32 Å². The molecule has 1 amide bonds. The largest absolute Gasteiger partial charge is 0.465 e. The molecule has 1 unspecified atom stereocenters. The average Bonchev–Trinajstić information content (AvgIpc) is 1.58. The van der Waals surface area contributed by atoms with Crippen LogP contribution in [0.15, 0.2) is 0 Å². The molecule has 0 aromatic rings. The van der Waals surface area contributed by atoms with Crippen LogP contribution in [0.25, 0.3) is 0 Å². The summed E-state index contributed by atoms with van der Waals surface area (Å²) in [6, 6.07) is 0.0671. The van der Waals surface area contributed by atoms with Gasteiger partial charge < -0.3 is 10.4 Å². The van der Waals surface area contributed by atoms with Crippen LogP contribution in [-0.2, 0) is 0 Å². The van der Waals surface area contributed by atoms with Crippen molar-refractivity contribution in [3.63, 3.8) is 0 Å². The molecule has 0 spiro atoms. The van der Waals surface area contributed by atoms with E-state index in [1.54, 1.807) is 0 Å². The lowest BCUT2D eigenvalue weighted by Crippen LogP contribution is -2.31. The summed E-state index contributed by atoms with van der Waals surface area (Å²) in [5.41, 5.74) is 0. The monoisotopic (exact) mass is 145 g/mol. The summed E-state index contributed by atoms with van der Waals surface area (Å²) >= 11 is 0. The highest BCUT2D eigenvalue weighted by atomic mass is 16.4. The summed E-state index contributed by atoms with van der Waals surface area (Å²) < 4.78 is 0. The first-order valence-corrected chi connectivity index (χ1v) is 3.51. The summed E-state index contributed by atoms with van der Waals surface area (Å²) in [5.74, 6) is 0.543. The van der Waals surface area contributed by atoms with Gasteiger partial charge in [0.15, 0.2) is 0 Å². The third-order valence-electron chi connectivity index (χ3n) is 1.19. The molecule has 0 radical (unpaired) electrons. The first-order chi connectivity index (χ1) is 4.52. The lowest BCUT2D eigenvalue weighted by molar-refractivity contribution is 0.189. The van der Waals surface area contributed by atoms with E-state index in [0.29, 0.717) is 5.92 Å². The van der Waals surface area contributed by atoms with Crippen molar-refractivity contribution in [1.29, 1.82) is 0 Å². The summed E-state index contributed by atoms with van der Waals surface area (Å²) in [6.07, 6.45) is -0.0418. The van der Waals surface area contributed by atoms with E-state index in [9.17, 15) is 4.79 Å². The Balaban J connectivity index is 3.43. The van der Waals surface area contributed by atoms with Gasteiger partial charge in [-0.15, -0.1) is 0 Å². The zero-order valence-corrected chi connectivity index (χ0v) is 6.72. The van der Waals surface area contributed by atoms with Crippen molar-refractivity contribution in [1.82, 2.24) is 5.32 Å². The maximum atomic E-state index is 10.1. The average molecular weight is 145 g/mol. The molecule has 10 heavy (non-hydrogen) atoms. The van der Waals surface area contributed by atoms with Crippen LogP contribution in [0.5, 0.6) is 0 Å². The highest BCUT2D eigenvalue weighted by Gasteiger charge is 2.06. The maximum Gasteiger partial charge on any atom is 0.404 e. The smallest absolute Gasteiger partial charge is 0.404 e. The van der Waals surface area contributed by atoms with Crippen LogP contribution in [-0.4, -0.2) is 17.2 Å². The van der Waals surface area contributed by atoms with Crippen molar-refractivity contribution in [2.75, 3.05) is 0 Å². The first kappa shape index (κ1) is 9.27. The predicted octanol–water partition coefficient (Wildman–Crippen LogP) is 1.69. The fourth-order valence-electron chi connectivity index (χ4n) is 0.977. The number of hydrogen-bond acceptors (Lipinski definition) is 1. The number of amides is 1. The molecule has 0 fully saturated rings. The molecule has 0 rings (SSSR count). The van der Waals surface area contributed by atoms with E-state index in [4.69, 9.17) is 5.11 Å². The van der Waals surface area contributed by atoms with Gasteiger partial charge >= 0.3 is 6.09 Å². The molecule has 0 aromatic heterocycles. The van der Waals surface area contributed by atoms with Gasteiger partial charge in [0.05, 0.1) is 0 Å². The van der Waals surface area contributed by atoms with Crippen molar-refractivity contribution in [2.24, 2.45) is 5.92 Å². The molecule has 3 heteroatoms. The second-order valence-electron chi connectivity index (χ2n) is 2.98. The molecule has 60 valence electrons. The quantitative estimate of drug-likeness (QED) is 0.634. The molecule has 0 saturated carbocycles. The van der Waals surface area contributed by atoms with Gasteiger partial charge in [-0.25, -0.2) is 4.79 Å². The molecular formula is C7H15NO2. The Kier molecular flexibility index (Phi) is 3.84. The zero-order valence-electron chi connectivity index (χ0n) is 6.72. The first-order valence-electron chi connectivity index (χ1n) is 3.51. The van der Waals surface area contributed by atoms with Gasteiger partial charge in [-0.2, -0.15) is 0 Å². The summed E-state index contributed by atoms with van der Waals surface area (Å²) in [5, 5.41) is 10.7. The summed E-state index contributed by atoms with van der Waals surface area (Å²) in [7, 11) is 0. The SMILES string of the molecule is CC(C)CC(C)NC(=O)O. The molecule has 0 heterocycles. The second kappa shape index (κ2) is 4.14. The van der Waals surface area contributed by atoms with E-state index in [-0.39, 0.29) is 6.04 Å². The van der Waals surface area contributed by atoms with Crippen LogP contribution in [0.1, 0.15) is 27.2 Å². The number of nitrogens with one attached hydrogen (secondary N) is 1. The van der Waals surface area contributed by atoms with E-state index in [1.807, 2.05) is 6.92 Å². The molecule has 2 N–H and O–H groups in total. The normalized spacial score (nSPS) is 13.2. The Labute approximate surface area is 61.4 Å². The number of carbonyl (C=O) groups is 1. The second-order valence-corrected chi connectivity index (χ2v) is 2.98. The minimum Gasteiger partial charge on any atom is -0.465 e. The molecule has 0 aliphatic heterocycles. The van der Waals surface area contributed by atoms with Gasteiger partial charge in [0.2, 0.25) is 0 Å². The van der Waals surface area contributed by atoms with E-state index in [2.05, 4.69) is 19.2 Å². The Morgan fingerprint density at radius 2 is 2.00 bits per heavy atom. The highest BCUT2D eigenvalue weighted by molar-refractivity contribution is 5.64. The zero-order chi connectivity index (χ0) is 8.15. The van der Waals surface area contributed by atoms with Gasteiger partial charge in [0, 0.05) is 6.04 Å². The lowest BCUT2D eigenvalue weighted by atomic mass is 10.1. The third kappa shape index (κ3) is 5.41. The van der Waals surface area contributed by atoms with Gasteiger partial charge in [-0.1, -0.05) is 13.8 Å². The number of hydrogen-bond donors (Lipinski definition) is 2. The standard InChI is InChI=1S/C7H15NO2/c1-5(2)4-6(3)8-7(9)10/h5-6,8H,4H2,1-3H3,(H,9,10). The van der Waals surface area contributed by atoms with Crippen molar-refractivity contribution in [3.8, 4) is 0 Å². The predicted molar refractivity (Wildman–Crippen MR) is 40.1 cm³/mol. The Morgan fingerprint density at radius 3 is 2.30 bits per heavy atom. The van der Waals surface area contributed by atoms with Crippen molar-refractivity contribution in [2.45, 2.75) is 33.2 Å². The highest BCUT2D eigenvalue weighted by Crippen LogP contribution is 2.02. The maximum absolute atomic E-state index is 10.1. The number of carboxylic acid groups (broad SMARTS) is 1. The lowest BCUT2D eigenvalue weighted by Gasteiger charge is -2.12. The van der Waals surface area contributed by atoms with Crippen molar-refractivity contribution >= 4 is 6.09 Å². The van der Waals surface area contributed by atoms with E-state index >= 15 is 0 Å². The van der Waals surface area contributed by atoms with Crippen LogP contribution in [0.4, 0.5) is 4.79 Å². The van der Waals surface area contributed by atoms with E-state index in [0.717, 1.165) is 6.42 Å². The fraction of sp³-hybridized carbons (Fsp3) is 0.857. The van der Waals surface area contributed by atoms with Gasteiger partial charge in [-0.05, 0) is 19.3 Å². The fourth-order valence-corrected chi connectivity index (χ4v) is 0.977. The Morgan fingerprint density at radius 1 is 1.50 bits per heavy atom. The van der Waals surface area contributed by atoms with Crippen LogP contribution in [0.2, 0.25) is 0 Å². The van der Waals surface area contributed by atoms with Gasteiger partial charge in [-0.3, -0.25) is 0 Å². The molecule has 0 aromatic carbocycles. The summed E-state index contributed by atoms with van der Waals surface area (Å²) in [6.45, 7) is 6.01. The molecule has 1 atom stereocenters. The van der Waals surface area contributed by atoms with E-state index in [1.165, 1.54) is 0 Å². The Bertz CT molecular complexity index is 112. The molecule has 0 aliphatic rings. The number of rotatable bonds is 3. The topological polar surface area (TPSA) is 49.3 Å². The molecule has 0 bridgehead atoms. The molecule has 0 aliphatic carbocycles. The Hall–Kier alpha value is -0.730. The van der Waals surface area contributed by atoms with Gasteiger partial charge in [0.1, 0.15) is 0 Å². The third-order valence-corrected chi connectivity index (χ3v) is 1.19. The minimum atomic E-state index is -0.937. The summed E-state index contributed by atoms with van der Waals surface area (Å²) in [4.78, 5) is 10.1. The van der Waals surface area contributed by atoms with E-state index < -0.39 is 6.09 Å². The van der Waals surface area contributed by atoms with Crippen molar-refractivity contribution in [3.05, 3.63) is 0 Å². The molecule has 0 saturated heterocycles. The van der Waals surface area contributed by atoms with Gasteiger partial charge in [0.25, 0.3) is 0 Å². The molecule has 3 nitrogen and oxygen atoms in total. The van der Waals surface area contributed by atoms with Crippen molar-refractivity contribution < 1.29 is 9.90 Å². The van der Waals surface area contributed by atoms with Crippen LogP contribution in [0, 0.1) is 5.92 Å². The van der Waals surface area contributed by atoms with Crippen LogP contribution in [0.3, 0.4) is 0 Å².